The molecule has 9 rings (SSSR count). The summed E-state index contributed by atoms with van der Waals surface area (Å²) in [6, 6.07) is 24.4. The summed E-state index contributed by atoms with van der Waals surface area (Å²) in [4.78, 5) is 14.3. The molecule has 0 saturated carbocycles. The van der Waals surface area contributed by atoms with Gasteiger partial charge in [-0.2, -0.15) is 0 Å². The van der Waals surface area contributed by atoms with Crippen LogP contribution >= 0.6 is 0 Å². The van der Waals surface area contributed by atoms with Gasteiger partial charge in [0, 0.05) is 23.2 Å². The topological polar surface area (TPSA) is 43.1 Å². The van der Waals surface area contributed by atoms with Crippen molar-refractivity contribution in [1.82, 2.24) is 19.4 Å². The molecule has 0 atom stereocenters. The van der Waals surface area contributed by atoms with E-state index in [1.165, 1.54) is 44.5 Å². The lowest BCUT2D eigenvalue weighted by molar-refractivity contribution is 1.23. The summed E-state index contributed by atoms with van der Waals surface area (Å²) >= 11 is 0. The predicted molar refractivity (Wildman–Crippen MR) is 140 cm³/mol. The molecule has 162 valence electrons. The maximum atomic E-state index is 5.05. The van der Waals surface area contributed by atoms with Gasteiger partial charge in [-0.25, -0.2) is 4.98 Å². The maximum absolute atomic E-state index is 5.05. The van der Waals surface area contributed by atoms with E-state index in [1.54, 1.807) is 0 Å². The molecule has 0 N–H and O–H groups in total. The normalized spacial score (nSPS) is 13.5. The van der Waals surface area contributed by atoms with Gasteiger partial charge in [-0.05, 0) is 87.7 Å². The Kier molecular flexibility index (Phi) is 3.11. The molecule has 4 heteroatoms. The molecule has 0 fully saturated rings. The van der Waals surface area contributed by atoms with Crippen LogP contribution in [-0.2, 0) is 12.8 Å². The number of rotatable bonds is 0. The Balaban J connectivity index is 1.44. The third-order valence-corrected chi connectivity index (χ3v) is 7.92. The van der Waals surface area contributed by atoms with Crippen molar-refractivity contribution in [2.75, 3.05) is 0 Å². The molecular formula is C31H18N4. The van der Waals surface area contributed by atoms with Gasteiger partial charge in [-0.15, -0.1) is 0 Å². The van der Waals surface area contributed by atoms with Crippen molar-refractivity contribution in [3.05, 3.63) is 108 Å². The van der Waals surface area contributed by atoms with E-state index in [0.717, 1.165) is 51.3 Å². The molecule has 3 aromatic carbocycles. The number of imidazole rings is 1. The summed E-state index contributed by atoms with van der Waals surface area (Å²) in [6.45, 7) is 0. The van der Waals surface area contributed by atoms with Crippen molar-refractivity contribution < 1.29 is 0 Å². The zero-order chi connectivity index (χ0) is 22.7. The van der Waals surface area contributed by atoms with Crippen LogP contribution in [0, 0.1) is 0 Å². The van der Waals surface area contributed by atoms with Crippen LogP contribution < -0.4 is 0 Å². The highest BCUT2D eigenvalue weighted by Crippen LogP contribution is 2.50. The molecule has 0 saturated heterocycles. The minimum absolute atomic E-state index is 0.949. The molecule has 4 nitrogen and oxygen atoms in total. The van der Waals surface area contributed by atoms with Crippen LogP contribution in [0.4, 0.5) is 0 Å². The number of nitrogens with zero attached hydrogens (tertiary/aromatic N) is 4. The van der Waals surface area contributed by atoms with Crippen LogP contribution in [0.2, 0.25) is 0 Å². The zero-order valence-electron chi connectivity index (χ0n) is 18.8. The lowest BCUT2D eigenvalue weighted by Crippen LogP contribution is -1.94. The molecule has 2 aliphatic rings. The van der Waals surface area contributed by atoms with E-state index in [4.69, 9.17) is 9.97 Å². The number of fused-ring (bicyclic) bond motifs is 15. The van der Waals surface area contributed by atoms with Gasteiger partial charge in [-0.1, -0.05) is 36.4 Å². The molecule has 0 spiro atoms. The maximum Gasteiger partial charge on any atom is 0.146 e. The summed E-state index contributed by atoms with van der Waals surface area (Å²) in [5.41, 5.74) is 16.2. The number of aromatic nitrogens is 4. The van der Waals surface area contributed by atoms with Gasteiger partial charge < -0.3 is 0 Å². The standard InChI is InChI=1S/C31H18N4/c1-2-5-21-17(4-1)12-18-7-8-19-13-20-14-24-23(15-22(20)29(19)28(18)21)30-26(6-3-10-33-30)35-27-16-32-11-9-25(27)34-31(24)35/h1-11,14-16H,12-13H2. The van der Waals surface area contributed by atoms with E-state index >= 15 is 0 Å². The monoisotopic (exact) mass is 446 g/mol. The average Bonchev–Trinajstić information content (AvgIpc) is 3.58. The lowest BCUT2D eigenvalue weighted by Gasteiger charge is -2.13. The molecule has 2 aliphatic carbocycles. The molecule has 0 unspecified atom stereocenters. The molecule has 0 radical (unpaired) electrons. The minimum atomic E-state index is 0.949. The van der Waals surface area contributed by atoms with Crippen LogP contribution in [0.5, 0.6) is 0 Å². The third-order valence-electron chi connectivity index (χ3n) is 7.92. The van der Waals surface area contributed by atoms with E-state index in [2.05, 4.69) is 64.0 Å². The van der Waals surface area contributed by atoms with Crippen LogP contribution in [0.25, 0.3) is 60.7 Å². The first-order valence-corrected chi connectivity index (χ1v) is 12.0. The van der Waals surface area contributed by atoms with Crippen LogP contribution in [-0.4, -0.2) is 19.4 Å². The Labute approximate surface area is 200 Å². The smallest absolute Gasteiger partial charge is 0.146 e. The molecule has 0 amide bonds. The van der Waals surface area contributed by atoms with Crippen LogP contribution in [0.1, 0.15) is 22.3 Å². The number of benzene rings is 3. The van der Waals surface area contributed by atoms with Crippen molar-refractivity contribution in [3.63, 3.8) is 0 Å². The van der Waals surface area contributed by atoms with Gasteiger partial charge >= 0.3 is 0 Å². The third kappa shape index (κ3) is 2.15. The fourth-order valence-electron chi connectivity index (χ4n) is 6.47. The zero-order valence-corrected chi connectivity index (χ0v) is 18.8. The average molecular weight is 447 g/mol. The summed E-state index contributed by atoms with van der Waals surface area (Å²) < 4.78 is 2.22. The Bertz CT molecular complexity index is 2070. The van der Waals surface area contributed by atoms with Crippen LogP contribution in [0.3, 0.4) is 0 Å². The van der Waals surface area contributed by atoms with E-state index in [9.17, 15) is 0 Å². The minimum Gasteiger partial charge on any atom is -0.289 e. The Morgan fingerprint density at radius 1 is 0.657 bits per heavy atom. The predicted octanol–water partition coefficient (Wildman–Crippen LogP) is 6.73. The Morgan fingerprint density at radius 3 is 2.46 bits per heavy atom. The summed E-state index contributed by atoms with van der Waals surface area (Å²) in [7, 11) is 0. The molecular weight excluding hydrogens is 428 g/mol. The molecule has 7 aromatic rings. The van der Waals surface area contributed by atoms with E-state index in [0.29, 0.717) is 0 Å². The van der Waals surface area contributed by atoms with Gasteiger partial charge in [0.15, 0.2) is 0 Å². The SMILES string of the molecule is c1ccc2c(c1)Cc1ccc3c(c1-2)-c1cc2c(cc1C3)c1nc3ccncc3n1c1cccnc21. The first kappa shape index (κ1) is 17.8. The van der Waals surface area contributed by atoms with Gasteiger partial charge in [0.1, 0.15) is 5.65 Å². The number of pyridine rings is 3. The second-order valence-corrected chi connectivity index (χ2v) is 9.71. The van der Waals surface area contributed by atoms with E-state index < -0.39 is 0 Å². The fourth-order valence-corrected chi connectivity index (χ4v) is 6.47. The number of hydrogen-bond donors (Lipinski definition) is 0. The van der Waals surface area contributed by atoms with Gasteiger partial charge in [0.2, 0.25) is 0 Å². The first-order valence-electron chi connectivity index (χ1n) is 12.0. The van der Waals surface area contributed by atoms with E-state index in [-0.39, 0.29) is 0 Å². The van der Waals surface area contributed by atoms with Gasteiger partial charge in [-0.3, -0.25) is 14.4 Å². The first-order chi connectivity index (χ1) is 17.3. The lowest BCUT2D eigenvalue weighted by atomic mass is 9.93. The summed E-state index contributed by atoms with van der Waals surface area (Å²) in [5.74, 6) is 0. The van der Waals surface area contributed by atoms with Crippen molar-refractivity contribution in [3.8, 4) is 22.3 Å². The molecule has 4 aromatic heterocycles. The molecule has 4 heterocycles. The van der Waals surface area contributed by atoms with Gasteiger partial charge in [0.25, 0.3) is 0 Å². The van der Waals surface area contributed by atoms with Crippen molar-refractivity contribution >= 4 is 38.5 Å². The second-order valence-electron chi connectivity index (χ2n) is 9.71. The summed E-state index contributed by atoms with van der Waals surface area (Å²) in [6.07, 6.45) is 7.56. The number of hydrogen-bond acceptors (Lipinski definition) is 3. The highest BCUT2D eigenvalue weighted by molar-refractivity contribution is 6.14. The van der Waals surface area contributed by atoms with Crippen molar-refractivity contribution in [2.45, 2.75) is 12.8 Å². The highest BCUT2D eigenvalue weighted by atomic mass is 15.0. The largest absolute Gasteiger partial charge is 0.289 e. The molecule has 0 bridgehead atoms. The highest BCUT2D eigenvalue weighted by Gasteiger charge is 2.29. The Hall–Kier alpha value is -4.57. The van der Waals surface area contributed by atoms with E-state index in [1.807, 2.05) is 30.7 Å². The fraction of sp³-hybridized carbons (Fsp3) is 0.0645. The molecule has 35 heavy (non-hydrogen) atoms. The second kappa shape index (κ2) is 6.10. The quantitative estimate of drug-likeness (QED) is 0.243. The summed E-state index contributed by atoms with van der Waals surface area (Å²) in [5, 5.41) is 2.31. The van der Waals surface area contributed by atoms with Crippen molar-refractivity contribution in [1.29, 1.82) is 0 Å². The van der Waals surface area contributed by atoms with Crippen LogP contribution in [0.15, 0.2) is 85.3 Å². The molecule has 0 aliphatic heterocycles. The van der Waals surface area contributed by atoms with Gasteiger partial charge in [0.05, 0.1) is 28.3 Å². The Morgan fingerprint density at radius 2 is 1.51 bits per heavy atom. The van der Waals surface area contributed by atoms with Crippen molar-refractivity contribution in [2.24, 2.45) is 0 Å².